The van der Waals surface area contributed by atoms with Crippen LogP contribution in [0.15, 0.2) is 48.5 Å². The average molecular weight is 328 g/mol. The van der Waals surface area contributed by atoms with Crippen LogP contribution in [0.2, 0.25) is 0 Å². The average Bonchev–Trinajstić information content (AvgIpc) is 2.96. The summed E-state index contributed by atoms with van der Waals surface area (Å²) in [6, 6.07) is 11.6. The molecule has 2 aromatic carbocycles. The molecule has 0 aliphatic carbocycles. The van der Waals surface area contributed by atoms with Crippen LogP contribution in [0.25, 0.3) is 5.69 Å². The smallest absolute Gasteiger partial charge is 0.297 e. The van der Waals surface area contributed by atoms with E-state index >= 15 is 0 Å². The molecule has 24 heavy (non-hydrogen) atoms. The van der Waals surface area contributed by atoms with Crippen LogP contribution in [0.5, 0.6) is 0 Å². The monoisotopic (exact) mass is 328 g/mol. The van der Waals surface area contributed by atoms with Crippen molar-refractivity contribution in [2.24, 2.45) is 0 Å². The molecule has 0 bridgehead atoms. The maximum absolute atomic E-state index is 13.8. The topological polar surface area (TPSA) is 51.0 Å². The number of carbonyl (C=O) groups excluding carboxylic acids is 1. The van der Waals surface area contributed by atoms with E-state index in [4.69, 9.17) is 0 Å². The number of aromatic nitrogens is 3. The Hall–Kier alpha value is -3.09. The number of hydrogen-bond donors (Lipinski definition) is 0. The molecule has 0 unspecified atom stereocenters. The fraction of sp³-hybridized carbons (Fsp3) is 0.118. The lowest BCUT2D eigenvalue weighted by molar-refractivity contribution is 0.0982. The second-order valence-corrected chi connectivity index (χ2v) is 5.19. The third-order valence-corrected chi connectivity index (χ3v) is 3.55. The molecule has 1 amide bonds. The number of benzene rings is 2. The van der Waals surface area contributed by atoms with Gasteiger partial charge in [-0.3, -0.25) is 4.79 Å². The second-order valence-electron chi connectivity index (χ2n) is 5.19. The van der Waals surface area contributed by atoms with Gasteiger partial charge < -0.3 is 4.90 Å². The summed E-state index contributed by atoms with van der Waals surface area (Å²) in [7, 11) is 1.45. The summed E-state index contributed by atoms with van der Waals surface area (Å²) in [5, 5.41) is 4.16. The minimum atomic E-state index is -0.538. The molecule has 7 heteroatoms. The molecule has 0 saturated carbocycles. The van der Waals surface area contributed by atoms with Crippen molar-refractivity contribution in [2.75, 3.05) is 11.9 Å². The molecule has 3 aromatic rings. The lowest BCUT2D eigenvalue weighted by Crippen LogP contribution is -2.28. The zero-order chi connectivity index (χ0) is 17.3. The number of halogens is 2. The number of carbonyl (C=O) groups is 1. The van der Waals surface area contributed by atoms with E-state index in [1.165, 1.54) is 48.1 Å². The summed E-state index contributed by atoms with van der Waals surface area (Å²) in [6.07, 6.45) is 0. The minimum absolute atomic E-state index is 0.0671. The van der Waals surface area contributed by atoms with Crippen LogP contribution in [0.4, 0.5) is 14.5 Å². The molecular weight excluding hydrogens is 314 g/mol. The Bertz CT molecular complexity index is 890. The SMILES string of the molecule is Cc1nc(C(=O)N(C)c2ccccc2F)nn1-c1ccc(F)cc1. The molecule has 5 nitrogen and oxygen atoms in total. The zero-order valence-electron chi connectivity index (χ0n) is 13.1. The van der Waals surface area contributed by atoms with Crippen molar-refractivity contribution in [1.82, 2.24) is 14.8 Å². The standard InChI is InChI=1S/C17H14F2N4O/c1-11-20-16(21-23(11)13-9-7-12(18)8-10-13)17(24)22(2)15-6-4-3-5-14(15)19/h3-10H,1-2H3. The van der Waals surface area contributed by atoms with Crippen LogP contribution in [0.3, 0.4) is 0 Å². The molecule has 1 heterocycles. The van der Waals surface area contributed by atoms with Gasteiger partial charge in [0.15, 0.2) is 0 Å². The van der Waals surface area contributed by atoms with Gasteiger partial charge in [-0.25, -0.2) is 18.4 Å². The Balaban J connectivity index is 1.93. The first-order valence-corrected chi connectivity index (χ1v) is 7.19. The van der Waals surface area contributed by atoms with Crippen molar-refractivity contribution >= 4 is 11.6 Å². The summed E-state index contributed by atoms with van der Waals surface area (Å²) in [6.45, 7) is 1.68. The number of nitrogens with zero attached hydrogens (tertiary/aromatic N) is 4. The number of para-hydroxylation sites is 1. The third-order valence-electron chi connectivity index (χ3n) is 3.55. The number of hydrogen-bond acceptors (Lipinski definition) is 3. The number of aryl methyl sites for hydroxylation is 1. The van der Waals surface area contributed by atoms with Crippen molar-refractivity contribution in [1.29, 1.82) is 0 Å². The van der Waals surface area contributed by atoms with E-state index in [-0.39, 0.29) is 17.3 Å². The van der Waals surface area contributed by atoms with E-state index in [1.54, 1.807) is 19.1 Å². The highest BCUT2D eigenvalue weighted by Gasteiger charge is 2.21. The van der Waals surface area contributed by atoms with E-state index in [0.717, 1.165) is 4.90 Å². The van der Waals surface area contributed by atoms with Crippen LogP contribution in [-0.2, 0) is 0 Å². The molecule has 1 aromatic heterocycles. The van der Waals surface area contributed by atoms with Crippen LogP contribution >= 0.6 is 0 Å². The molecule has 0 fully saturated rings. The van der Waals surface area contributed by atoms with E-state index in [2.05, 4.69) is 10.1 Å². The van der Waals surface area contributed by atoms with Crippen molar-refractivity contribution in [3.63, 3.8) is 0 Å². The van der Waals surface area contributed by atoms with Crippen LogP contribution < -0.4 is 4.90 Å². The first-order chi connectivity index (χ1) is 11.5. The Morgan fingerprint density at radius 3 is 2.42 bits per heavy atom. The molecule has 0 aliphatic heterocycles. The van der Waals surface area contributed by atoms with Gasteiger partial charge in [0.2, 0.25) is 5.82 Å². The van der Waals surface area contributed by atoms with E-state index in [0.29, 0.717) is 11.5 Å². The molecule has 0 aliphatic rings. The highest BCUT2D eigenvalue weighted by atomic mass is 19.1. The Morgan fingerprint density at radius 2 is 1.75 bits per heavy atom. The lowest BCUT2D eigenvalue weighted by atomic mass is 10.3. The van der Waals surface area contributed by atoms with Gasteiger partial charge in [0.1, 0.15) is 17.5 Å². The van der Waals surface area contributed by atoms with Crippen molar-refractivity contribution in [2.45, 2.75) is 6.92 Å². The largest absolute Gasteiger partial charge is 0.306 e. The van der Waals surface area contributed by atoms with Crippen LogP contribution in [0.1, 0.15) is 16.4 Å². The molecule has 0 N–H and O–H groups in total. The lowest BCUT2D eigenvalue weighted by Gasteiger charge is -2.15. The minimum Gasteiger partial charge on any atom is -0.306 e. The molecular formula is C17H14F2N4O. The summed E-state index contributed by atoms with van der Waals surface area (Å²) in [4.78, 5) is 17.8. The quantitative estimate of drug-likeness (QED) is 0.742. The predicted molar refractivity (Wildman–Crippen MR) is 85.2 cm³/mol. The van der Waals surface area contributed by atoms with E-state index in [1.807, 2.05) is 0 Å². The number of anilines is 1. The van der Waals surface area contributed by atoms with Crippen LogP contribution in [-0.4, -0.2) is 27.7 Å². The fourth-order valence-electron chi connectivity index (χ4n) is 2.29. The highest BCUT2D eigenvalue weighted by Crippen LogP contribution is 2.19. The summed E-state index contributed by atoms with van der Waals surface area (Å²) < 4.78 is 28.3. The van der Waals surface area contributed by atoms with E-state index < -0.39 is 11.7 Å². The maximum Gasteiger partial charge on any atom is 0.297 e. The van der Waals surface area contributed by atoms with Gasteiger partial charge in [-0.15, -0.1) is 5.10 Å². The molecule has 0 spiro atoms. The maximum atomic E-state index is 13.8. The van der Waals surface area contributed by atoms with Crippen molar-refractivity contribution < 1.29 is 13.6 Å². The van der Waals surface area contributed by atoms with Gasteiger partial charge in [0, 0.05) is 7.05 Å². The molecule has 0 atom stereocenters. The first kappa shape index (κ1) is 15.8. The van der Waals surface area contributed by atoms with Gasteiger partial charge >= 0.3 is 0 Å². The Morgan fingerprint density at radius 1 is 1.08 bits per heavy atom. The Kier molecular flexibility index (Phi) is 4.07. The molecule has 0 radical (unpaired) electrons. The number of amides is 1. The normalized spacial score (nSPS) is 10.7. The van der Waals surface area contributed by atoms with Gasteiger partial charge in [-0.2, -0.15) is 0 Å². The first-order valence-electron chi connectivity index (χ1n) is 7.19. The summed E-state index contributed by atoms with van der Waals surface area (Å²) in [5.41, 5.74) is 0.715. The summed E-state index contributed by atoms with van der Waals surface area (Å²) in [5.74, 6) is -1.02. The van der Waals surface area contributed by atoms with Crippen molar-refractivity contribution in [3.8, 4) is 5.69 Å². The van der Waals surface area contributed by atoms with E-state index in [9.17, 15) is 13.6 Å². The summed E-state index contributed by atoms with van der Waals surface area (Å²) >= 11 is 0. The molecule has 122 valence electrons. The molecule has 0 saturated heterocycles. The van der Waals surface area contributed by atoms with Gasteiger partial charge in [0.25, 0.3) is 5.91 Å². The third kappa shape index (κ3) is 2.88. The number of rotatable bonds is 3. The van der Waals surface area contributed by atoms with Crippen LogP contribution in [0, 0.1) is 18.6 Å². The van der Waals surface area contributed by atoms with Gasteiger partial charge in [-0.05, 0) is 43.3 Å². The van der Waals surface area contributed by atoms with Crippen molar-refractivity contribution in [3.05, 3.63) is 71.8 Å². The predicted octanol–water partition coefficient (Wildman–Crippen LogP) is 3.13. The molecule has 3 rings (SSSR count). The van der Waals surface area contributed by atoms with Gasteiger partial charge in [0.05, 0.1) is 11.4 Å². The van der Waals surface area contributed by atoms with Gasteiger partial charge in [-0.1, -0.05) is 12.1 Å². The fourth-order valence-corrected chi connectivity index (χ4v) is 2.29. The zero-order valence-corrected chi connectivity index (χ0v) is 13.1. The second kappa shape index (κ2) is 6.19. The Labute approximate surface area is 137 Å². The highest BCUT2D eigenvalue weighted by molar-refractivity contribution is 6.03.